The molecule has 94 valence electrons. The Kier molecular flexibility index (Phi) is 4.55. The van der Waals surface area contributed by atoms with Crippen LogP contribution >= 0.6 is 0 Å². The van der Waals surface area contributed by atoms with Crippen molar-refractivity contribution in [3.63, 3.8) is 0 Å². The summed E-state index contributed by atoms with van der Waals surface area (Å²) < 4.78 is 0. The summed E-state index contributed by atoms with van der Waals surface area (Å²) in [5, 5.41) is 9.23. The molecule has 3 nitrogen and oxygen atoms in total. The third kappa shape index (κ3) is 3.22. The maximum absolute atomic E-state index is 11.2. The van der Waals surface area contributed by atoms with E-state index in [0.717, 1.165) is 5.69 Å². The highest BCUT2D eigenvalue weighted by atomic mass is 16.4. The number of anilines is 1. The molecule has 0 saturated heterocycles. The number of benzene rings is 1. The molecule has 0 amide bonds. The summed E-state index contributed by atoms with van der Waals surface area (Å²) in [6.45, 7) is 8.67. The normalized spacial score (nSPS) is 12.2. The summed E-state index contributed by atoms with van der Waals surface area (Å²) >= 11 is 0. The lowest BCUT2D eigenvalue weighted by molar-refractivity contribution is -0.138. The second-order valence-electron chi connectivity index (χ2n) is 4.39. The molecule has 0 aromatic heterocycles. The predicted molar refractivity (Wildman–Crippen MR) is 70.7 cm³/mol. The SMILES string of the molecule is CC[C@@H](C(=O)O)N(CC)c1cc(C)cc(C)c1. The molecule has 0 fully saturated rings. The van der Waals surface area contributed by atoms with Gasteiger partial charge in [-0.3, -0.25) is 0 Å². The van der Waals surface area contributed by atoms with Crippen molar-refractivity contribution < 1.29 is 9.90 Å². The molecule has 0 saturated carbocycles. The van der Waals surface area contributed by atoms with Crippen molar-refractivity contribution in [3.8, 4) is 0 Å². The minimum atomic E-state index is -0.756. The van der Waals surface area contributed by atoms with E-state index in [2.05, 4.69) is 6.07 Å². The standard InChI is InChI=1S/C14H21NO2/c1-5-13(14(16)17)15(6-2)12-8-10(3)7-11(4)9-12/h7-9,13H,5-6H2,1-4H3,(H,16,17)/t13-/m0/s1. The van der Waals surface area contributed by atoms with E-state index in [1.165, 1.54) is 11.1 Å². The summed E-state index contributed by atoms with van der Waals surface area (Å²) in [5.41, 5.74) is 3.33. The summed E-state index contributed by atoms with van der Waals surface area (Å²) in [7, 11) is 0. The van der Waals surface area contributed by atoms with E-state index in [1.54, 1.807) is 0 Å². The summed E-state index contributed by atoms with van der Waals surface area (Å²) in [5.74, 6) is -0.756. The highest BCUT2D eigenvalue weighted by Crippen LogP contribution is 2.22. The molecule has 0 bridgehead atoms. The first-order valence-corrected chi connectivity index (χ1v) is 6.07. The van der Waals surface area contributed by atoms with Crippen LogP contribution in [0.2, 0.25) is 0 Å². The average molecular weight is 235 g/mol. The van der Waals surface area contributed by atoms with Gasteiger partial charge in [0.2, 0.25) is 0 Å². The Labute approximate surface area is 103 Å². The molecule has 1 atom stereocenters. The fraction of sp³-hybridized carbons (Fsp3) is 0.500. The van der Waals surface area contributed by atoms with Gasteiger partial charge in [0.15, 0.2) is 0 Å². The van der Waals surface area contributed by atoms with Gasteiger partial charge in [0.1, 0.15) is 6.04 Å². The molecule has 1 aromatic carbocycles. The lowest BCUT2D eigenvalue weighted by atomic mass is 10.1. The van der Waals surface area contributed by atoms with Crippen LogP contribution in [0.1, 0.15) is 31.4 Å². The predicted octanol–water partition coefficient (Wildman–Crippen LogP) is 2.99. The van der Waals surface area contributed by atoms with Gasteiger partial charge in [0.25, 0.3) is 0 Å². The van der Waals surface area contributed by atoms with E-state index in [0.29, 0.717) is 13.0 Å². The number of hydrogen-bond acceptors (Lipinski definition) is 2. The Morgan fingerprint density at radius 2 is 1.76 bits per heavy atom. The molecule has 0 aliphatic rings. The lowest BCUT2D eigenvalue weighted by Gasteiger charge is -2.29. The van der Waals surface area contributed by atoms with Gasteiger partial charge in [-0.2, -0.15) is 0 Å². The minimum Gasteiger partial charge on any atom is -0.480 e. The quantitative estimate of drug-likeness (QED) is 0.853. The van der Waals surface area contributed by atoms with Crippen molar-refractivity contribution in [2.24, 2.45) is 0 Å². The molecule has 3 heteroatoms. The van der Waals surface area contributed by atoms with Crippen molar-refractivity contribution in [3.05, 3.63) is 29.3 Å². The number of rotatable bonds is 5. The maximum atomic E-state index is 11.2. The third-order valence-electron chi connectivity index (χ3n) is 2.93. The Bertz CT molecular complexity index is 381. The van der Waals surface area contributed by atoms with E-state index < -0.39 is 12.0 Å². The monoisotopic (exact) mass is 235 g/mol. The highest BCUT2D eigenvalue weighted by molar-refractivity contribution is 5.78. The third-order valence-corrected chi connectivity index (χ3v) is 2.93. The number of aryl methyl sites for hydroxylation is 2. The van der Waals surface area contributed by atoms with Crippen LogP contribution in [0.4, 0.5) is 5.69 Å². The molecule has 17 heavy (non-hydrogen) atoms. The van der Waals surface area contributed by atoms with E-state index >= 15 is 0 Å². The zero-order valence-corrected chi connectivity index (χ0v) is 11.0. The summed E-state index contributed by atoms with van der Waals surface area (Å²) in [6.07, 6.45) is 0.607. The van der Waals surface area contributed by atoms with Gasteiger partial charge < -0.3 is 10.0 Å². The van der Waals surface area contributed by atoms with E-state index in [9.17, 15) is 9.90 Å². The van der Waals surface area contributed by atoms with E-state index in [-0.39, 0.29) is 0 Å². The number of carbonyl (C=O) groups is 1. The number of nitrogens with zero attached hydrogens (tertiary/aromatic N) is 1. The fourth-order valence-electron chi connectivity index (χ4n) is 2.23. The van der Waals surface area contributed by atoms with Crippen molar-refractivity contribution in [2.45, 2.75) is 40.2 Å². The summed E-state index contributed by atoms with van der Waals surface area (Å²) in [4.78, 5) is 13.2. The molecule has 0 unspecified atom stereocenters. The van der Waals surface area contributed by atoms with Crippen LogP contribution in [0, 0.1) is 13.8 Å². The van der Waals surface area contributed by atoms with Gasteiger partial charge in [0.05, 0.1) is 0 Å². The number of hydrogen-bond donors (Lipinski definition) is 1. The average Bonchev–Trinajstić information content (AvgIpc) is 2.23. The second kappa shape index (κ2) is 5.71. The lowest BCUT2D eigenvalue weighted by Crippen LogP contribution is -2.40. The van der Waals surface area contributed by atoms with Gasteiger partial charge in [0, 0.05) is 12.2 Å². The molecule has 0 heterocycles. The topological polar surface area (TPSA) is 40.5 Å². The molecule has 0 aliphatic carbocycles. The molecule has 1 N–H and O–H groups in total. The molecular formula is C14H21NO2. The highest BCUT2D eigenvalue weighted by Gasteiger charge is 2.22. The first kappa shape index (κ1) is 13.6. The van der Waals surface area contributed by atoms with Crippen molar-refractivity contribution >= 4 is 11.7 Å². The maximum Gasteiger partial charge on any atom is 0.326 e. The van der Waals surface area contributed by atoms with Crippen molar-refractivity contribution in [1.29, 1.82) is 0 Å². The van der Waals surface area contributed by atoms with Crippen molar-refractivity contribution in [1.82, 2.24) is 0 Å². The molecule has 1 rings (SSSR count). The van der Waals surface area contributed by atoms with Gasteiger partial charge in [-0.1, -0.05) is 13.0 Å². The Hall–Kier alpha value is -1.51. The smallest absolute Gasteiger partial charge is 0.326 e. The van der Waals surface area contributed by atoms with Crippen LogP contribution in [-0.4, -0.2) is 23.7 Å². The molecular weight excluding hydrogens is 214 g/mol. The van der Waals surface area contributed by atoms with Crippen LogP contribution in [0.15, 0.2) is 18.2 Å². The van der Waals surface area contributed by atoms with Gasteiger partial charge in [-0.15, -0.1) is 0 Å². The first-order valence-electron chi connectivity index (χ1n) is 6.07. The Balaban J connectivity index is 3.11. The fourth-order valence-corrected chi connectivity index (χ4v) is 2.23. The molecule has 0 aliphatic heterocycles. The zero-order chi connectivity index (χ0) is 13.0. The molecule has 0 radical (unpaired) electrons. The van der Waals surface area contributed by atoms with Crippen LogP contribution in [-0.2, 0) is 4.79 Å². The number of carboxylic acid groups (broad SMARTS) is 1. The minimum absolute atomic E-state index is 0.443. The van der Waals surface area contributed by atoms with Crippen LogP contribution in [0.3, 0.4) is 0 Å². The second-order valence-corrected chi connectivity index (χ2v) is 4.39. The Morgan fingerprint density at radius 3 is 2.12 bits per heavy atom. The van der Waals surface area contributed by atoms with Crippen LogP contribution < -0.4 is 4.90 Å². The van der Waals surface area contributed by atoms with E-state index in [4.69, 9.17) is 0 Å². The largest absolute Gasteiger partial charge is 0.480 e. The Morgan fingerprint density at radius 1 is 1.24 bits per heavy atom. The first-order chi connectivity index (χ1) is 7.99. The van der Waals surface area contributed by atoms with Gasteiger partial charge >= 0.3 is 5.97 Å². The van der Waals surface area contributed by atoms with Crippen LogP contribution in [0.25, 0.3) is 0 Å². The molecule has 0 spiro atoms. The number of aliphatic carboxylic acids is 1. The molecule has 1 aromatic rings. The zero-order valence-electron chi connectivity index (χ0n) is 11.0. The van der Waals surface area contributed by atoms with Crippen molar-refractivity contribution in [2.75, 3.05) is 11.4 Å². The van der Waals surface area contributed by atoms with Crippen LogP contribution in [0.5, 0.6) is 0 Å². The number of carboxylic acids is 1. The van der Waals surface area contributed by atoms with E-state index in [1.807, 2.05) is 44.7 Å². The number of likely N-dealkylation sites (N-methyl/N-ethyl adjacent to an activating group) is 1. The van der Waals surface area contributed by atoms with Gasteiger partial charge in [-0.05, 0) is 50.5 Å². The van der Waals surface area contributed by atoms with Gasteiger partial charge in [-0.25, -0.2) is 4.79 Å². The summed E-state index contributed by atoms with van der Waals surface area (Å²) in [6, 6.07) is 5.74.